The molecule has 0 aliphatic carbocycles. The van der Waals surface area contributed by atoms with Gasteiger partial charge in [0.25, 0.3) is 5.91 Å². The Labute approximate surface area is 109 Å². The van der Waals surface area contributed by atoms with Gasteiger partial charge in [0.1, 0.15) is 0 Å². The number of amides is 1. The molecule has 106 valence electrons. The summed E-state index contributed by atoms with van der Waals surface area (Å²) in [6.07, 6.45) is 0.686. The Morgan fingerprint density at radius 1 is 1.26 bits per heavy atom. The molecule has 0 radical (unpaired) electrons. The first-order valence-corrected chi connectivity index (χ1v) is 5.28. The molecule has 0 saturated heterocycles. The van der Waals surface area contributed by atoms with E-state index in [9.17, 15) is 19.2 Å². The van der Waals surface area contributed by atoms with Crippen LogP contribution in [-0.2, 0) is 28.7 Å². The molecule has 0 fully saturated rings. The largest absolute Gasteiger partial charge is 0.478 e. The van der Waals surface area contributed by atoms with E-state index in [-0.39, 0.29) is 18.5 Å². The van der Waals surface area contributed by atoms with Gasteiger partial charge in [0.15, 0.2) is 6.61 Å². The summed E-state index contributed by atoms with van der Waals surface area (Å²) in [5.74, 6) is -3.25. The highest BCUT2D eigenvalue weighted by Gasteiger charge is 2.10. The van der Waals surface area contributed by atoms with Crippen molar-refractivity contribution in [3.63, 3.8) is 0 Å². The van der Waals surface area contributed by atoms with Crippen LogP contribution >= 0.6 is 0 Å². The lowest BCUT2D eigenvalue weighted by atomic mass is 10.3. The Kier molecular flexibility index (Phi) is 7.59. The van der Waals surface area contributed by atoms with Crippen LogP contribution in [0.4, 0.5) is 0 Å². The molecule has 0 saturated carbocycles. The van der Waals surface area contributed by atoms with Crippen molar-refractivity contribution < 1.29 is 33.8 Å². The van der Waals surface area contributed by atoms with Crippen LogP contribution < -0.4 is 5.32 Å². The third-order valence-corrected chi connectivity index (χ3v) is 1.88. The van der Waals surface area contributed by atoms with Gasteiger partial charge in [-0.25, -0.2) is 9.59 Å². The summed E-state index contributed by atoms with van der Waals surface area (Å²) < 4.78 is 8.91. The highest BCUT2D eigenvalue weighted by molar-refractivity contribution is 5.96. The number of methoxy groups -OCH3 is 1. The highest BCUT2D eigenvalue weighted by atomic mass is 16.5. The van der Waals surface area contributed by atoms with Crippen LogP contribution in [-0.4, -0.2) is 49.2 Å². The van der Waals surface area contributed by atoms with Gasteiger partial charge in [-0.15, -0.1) is 0 Å². The van der Waals surface area contributed by atoms with Crippen LogP contribution in [0.1, 0.15) is 13.3 Å². The zero-order valence-corrected chi connectivity index (χ0v) is 10.6. The molecule has 0 aromatic rings. The number of hydrogen-bond donors (Lipinski definition) is 2. The summed E-state index contributed by atoms with van der Waals surface area (Å²) in [4.78, 5) is 43.4. The molecule has 8 heteroatoms. The van der Waals surface area contributed by atoms with E-state index in [2.05, 4.69) is 14.8 Å². The predicted octanol–water partition coefficient (Wildman–Crippen LogP) is -0.760. The third-order valence-electron chi connectivity index (χ3n) is 1.88. The molecule has 19 heavy (non-hydrogen) atoms. The Morgan fingerprint density at radius 3 is 2.42 bits per heavy atom. The Bertz CT molecular complexity index is 400. The van der Waals surface area contributed by atoms with E-state index in [4.69, 9.17) is 5.11 Å². The summed E-state index contributed by atoms with van der Waals surface area (Å²) in [7, 11) is 1.23. The number of ether oxygens (including phenoxy) is 2. The van der Waals surface area contributed by atoms with Crippen molar-refractivity contribution in [3.8, 4) is 0 Å². The standard InChI is InChI=1S/C11H15NO7/c1-7(5-9(14)15)11(17)19-6-8(13)12-4-3-10(16)18-2/h5H,3-4,6H2,1-2H3,(H,12,13)(H,14,15). The molecule has 0 heterocycles. The van der Waals surface area contributed by atoms with Crippen LogP contribution in [0.3, 0.4) is 0 Å². The first-order valence-electron chi connectivity index (χ1n) is 5.28. The van der Waals surface area contributed by atoms with Crippen molar-refractivity contribution in [1.82, 2.24) is 5.32 Å². The van der Waals surface area contributed by atoms with Crippen LogP contribution in [0.5, 0.6) is 0 Å². The number of nitrogens with one attached hydrogen (secondary N) is 1. The molecule has 0 aliphatic rings. The SMILES string of the molecule is COC(=O)CCNC(=O)COC(=O)C(C)=CC(=O)O. The van der Waals surface area contributed by atoms with Crippen LogP contribution in [0.25, 0.3) is 0 Å². The minimum atomic E-state index is -1.28. The molecule has 2 N–H and O–H groups in total. The number of esters is 2. The summed E-state index contributed by atoms with van der Waals surface area (Å²) in [6, 6.07) is 0. The lowest BCUT2D eigenvalue weighted by Gasteiger charge is -2.05. The summed E-state index contributed by atoms with van der Waals surface area (Å²) in [5, 5.41) is 10.7. The van der Waals surface area contributed by atoms with Gasteiger partial charge in [-0.1, -0.05) is 0 Å². The van der Waals surface area contributed by atoms with E-state index in [0.29, 0.717) is 6.08 Å². The molecule has 0 bridgehead atoms. The lowest BCUT2D eigenvalue weighted by Crippen LogP contribution is -2.30. The summed E-state index contributed by atoms with van der Waals surface area (Å²) in [6.45, 7) is 0.767. The fourth-order valence-electron chi connectivity index (χ4n) is 0.946. The Morgan fingerprint density at radius 2 is 1.89 bits per heavy atom. The molecule has 1 amide bonds. The number of rotatable bonds is 7. The van der Waals surface area contributed by atoms with Gasteiger partial charge in [0.2, 0.25) is 0 Å². The fraction of sp³-hybridized carbons (Fsp3) is 0.455. The molecular weight excluding hydrogens is 258 g/mol. The van der Waals surface area contributed by atoms with Crippen LogP contribution in [0, 0.1) is 0 Å². The van der Waals surface area contributed by atoms with E-state index < -0.39 is 30.4 Å². The third kappa shape index (κ3) is 8.36. The zero-order valence-electron chi connectivity index (χ0n) is 10.6. The maximum atomic E-state index is 11.2. The maximum absolute atomic E-state index is 11.2. The van der Waals surface area contributed by atoms with Crippen LogP contribution in [0.15, 0.2) is 11.6 Å². The van der Waals surface area contributed by atoms with Crippen molar-refractivity contribution in [2.45, 2.75) is 13.3 Å². The Hall–Kier alpha value is -2.38. The molecular formula is C11H15NO7. The van der Waals surface area contributed by atoms with Crippen LogP contribution in [0.2, 0.25) is 0 Å². The minimum absolute atomic E-state index is 0.00807. The van der Waals surface area contributed by atoms with Gasteiger partial charge in [0.05, 0.1) is 13.5 Å². The quantitative estimate of drug-likeness (QED) is 0.462. The Balaban J connectivity index is 3.94. The number of carboxylic acids is 1. The average Bonchev–Trinajstić information content (AvgIpc) is 2.34. The monoisotopic (exact) mass is 273 g/mol. The minimum Gasteiger partial charge on any atom is -0.478 e. The van der Waals surface area contributed by atoms with Gasteiger partial charge < -0.3 is 19.9 Å². The first-order chi connectivity index (χ1) is 8.86. The van der Waals surface area contributed by atoms with E-state index >= 15 is 0 Å². The van der Waals surface area contributed by atoms with Gasteiger partial charge in [-0.05, 0) is 6.92 Å². The number of hydrogen-bond acceptors (Lipinski definition) is 6. The van der Waals surface area contributed by atoms with Crippen molar-refractivity contribution in [1.29, 1.82) is 0 Å². The molecule has 0 aliphatic heterocycles. The summed E-state index contributed by atoms with van der Waals surface area (Å²) >= 11 is 0. The molecule has 0 aromatic heterocycles. The predicted molar refractivity (Wildman–Crippen MR) is 62.0 cm³/mol. The highest BCUT2D eigenvalue weighted by Crippen LogP contribution is 1.96. The van der Waals surface area contributed by atoms with E-state index in [1.165, 1.54) is 14.0 Å². The first kappa shape index (κ1) is 16.6. The second-order valence-corrected chi connectivity index (χ2v) is 3.42. The van der Waals surface area contributed by atoms with Gasteiger partial charge in [0, 0.05) is 18.2 Å². The molecule has 0 unspecified atom stereocenters. The normalized spacial score (nSPS) is 10.5. The molecule has 0 rings (SSSR count). The van der Waals surface area contributed by atoms with Crippen molar-refractivity contribution >= 4 is 23.8 Å². The molecule has 0 aromatic carbocycles. The van der Waals surface area contributed by atoms with Crippen molar-refractivity contribution in [2.24, 2.45) is 0 Å². The average molecular weight is 273 g/mol. The zero-order chi connectivity index (χ0) is 14.8. The van der Waals surface area contributed by atoms with Gasteiger partial charge in [-0.3, -0.25) is 9.59 Å². The van der Waals surface area contributed by atoms with Crippen molar-refractivity contribution in [2.75, 3.05) is 20.3 Å². The second kappa shape index (κ2) is 8.67. The summed E-state index contributed by atoms with van der Waals surface area (Å²) in [5.41, 5.74) is -0.130. The maximum Gasteiger partial charge on any atom is 0.334 e. The second-order valence-electron chi connectivity index (χ2n) is 3.42. The van der Waals surface area contributed by atoms with Crippen molar-refractivity contribution in [3.05, 3.63) is 11.6 Å². The van der Waals surface area contributed by atoms with E-state index in [0.717, 1.165) is 0 Å². The van der Waals surface area contributed by atoms with Gasteiger partial charge in [-0.2, -0.15) is 0 Å². The molecule has 8 nitrogen and oxygen atoms in total. The van der Waals surface area contributed by atoms with E-state index in [1.54, 1.807) is 0 Å². The topological polar surface area (TPSA) is 119 Å². The van der Waals surface area contributed by atoms with E-state index in [1.807, 2.05) is 0 Å². The lowest BCUT2D eigenvalue weighted by molar-refractivity contribution is -0.145. The number of carbonyl (C=O) groups excluding carboxylic acids is 3. The number of carbonyl (C=O) groups is 4. The number of aliphatic carboxylic acids is 1. The number of carboxylic acid groups (broad SMARTS) is 1. The fourth-order valence-corrected chi connectivity index (χ4v) is 0.946. The molecule has 0 atom stereocenters. The smallest absolute Gasteiger partial charge is 0.334 e. The van der Waals surface area contributed by atoms with Gasteiger partial charge >= 0.3 is 17.9 Å². The molecule has 0 spiro atoms.